The van der Waals surface area contributed by atoms with Crippen LogP contribution >= 0.6 is 0 Å². The third-order valence-corrected chi connectivity index (χ3v) is 2.01. The summed E-state index contributed by atoms with van der Waals surface area (Å²) in [5, 5.41) is 0. The van der Waals surface area contributed by atoms with Gasteiger partial charge in [0.2, 0.25) is 5.88 Å². The first kappa shape index (κ1) is 11.9. The molecule has 0 aliphatic carbocycles. The smallest absolute Gasteiger partial charge is 0.237 e. The summed E-state index contributed by atoms with van der Waals surface area (Å²) in [5.74, 6) is 0.446. The molecule has 84 valence electrons. The van der Waals surface area contributed by atoms with Crippen LogP contribution in [0.3, 0.4) is 0 Å². The van der Waals surface area contributed by atoms with Crippen molar-refractivity contribution in [3.8, 4) is 5.88 Å². The van der Waals surface area contributed by atoms with Gasteiger partial charge in [-0.25, -0.2) is 4.98 Å². The molecule has 0 saturated carbocycles. The van der Waals surface area contributed by atoms with Crippen LogP contribution in [-0.2, 0) is 10.3 Å². The van der Waals surface area contributed by atoms with Crippen LogP contribution in [0.5, 0.6) is 5.88 Å². The second-order valence-corrected chi connectivity index (χ2v) is 3.47. The molecule has 0 saturated heterocycles. The molecule has 0 radical (unpaired) electrons. The third kappa shape index (κ3) is 2.87. The molecule has 1 rings (SSSR count). The van der Waals surface area contributed by atoms with E-state index < -0.39 is 5.54 Å². The Morgan fingerprint density at radius 2 is 2.07 bits per heavy atom. The van der Waals surface area contributed by atoms with Crippen LogP contribution < -0.4 is 10.5 Å². The lowest BCUT2D eigenvalue weighted by atomic mass is 10.0. The van der Waals surface area contributed by atoms with Crippen LogP contribution in [0.15, 0.2) is 12.4 Å². The fourth-order valence-electron chi connectivity index (χ4n) is 1.25. The second kappa shape index (κ2) is 5.04. The van der Waals surface area contributed by atoms with Crippen molar-refractivity contribution in [2.45, 2.75) is 19.4 Å². The van der Waals surface area contributed by atoms with E-state index in [9.17, 15) is 0 Å². The van der Waals surface area contributed by atoms with E-state index in [0.29, 0.717) is 24.8 Å². The summed E-state index contributed by atoms with van der Waals surface area (Å²) < 4.78 is 10.4. The molecule has 15 heavy (non-hydrogen) atoms. The highest BCUT2D eigenvalue weighted by Crippen LogP contribution is 2.23. The SMILES string of the molecule is CCOCC(C)(N)c1nccnc1OC. The number of hydrogen-bond acceptors (Lipinski definition) is 5. The zero-order valence-electron chi connectivity index (χ0n) is 9.36. The molecule has 0 amide bonds. The van der Waals surface area contributed by atoms with Crippen LogP contribution in [0, 0.1) is 0 Å². The Balaban J connectivity index is 2.92. The number of hydrogen-bond donors (Lipinski definition) is 1. The number of nitrogens with zero attached hydrogens (tertiary/aromatic N) is 2. The Kier molecular flexibility index (Phi) is 3.99. The fourth-order valence-corrected chi connectivity index (χ4v) is 1.25. The Morgan fingerprint density at radius 3 is 2.67 bits per heavy atom. The number of rotatable bonds is 5. The van der Waals surface area contributed by atoms with E-state index in [-0.39, 0.29) is 0 Å². The molecule has 0 bridgehead atoms. The molecule has 2 N–H and O–H groups in total. The molecule has 1 heterocycles. The van der Waals surface area contributed by atoms with Gasteiger partial charge in [0.05, 0.1) is 19.3 Å². The van der Waals surface area contributed by atoms with Gasteiger partial charge in [0.15, 0.2) is 0 Å². The molecule has 1 unspecified atom stereocenters. The van der Waals surface area contributed by atoms with Gasteiger partial charge in [-0.05, 0) is 13.8 Å². The third-order valence-electron chi connectivity index (χ3n) is 2.01. The quantitative estimate of drug-likeness (QED) is 0.776. The summed E-state index contributed by atoms with van der Waals surface area (Å²) >= 11 is 0. The lowest BCUT2D eigenvalue weighted by Crippen LogP contribution is -2.39. The van der Waals surface area contributed by atoms with Crippen molar-refractivity contribution in [3.63, 3.8) is 0 Å². The van der Waals surface area contributed by atoms with Crippen LogP contribution in [0.2, 0.25) is 0 Å². The Bertz CT molecular complexity index is 315. The molecule has 0 spiro atoms. The number of methoxy groups -OCH3 is 1. The van der Waals surface area contributed by atoms with E-state index in [1.165, 1.54) is 0 Å². The van der Waals surface area contributed by atoms with Crippen LogP contribution in [0.1, 0.15) is 19.5 Å². The molecule has 0 aromatic carbocycles. The van der Waals surface area contributed by atoms with Crippen LogP contribution in [-0.4, -0.2) is 30.3 Å². The topological polar surface area (TPSA) is 70.3 Å². The van der Waals surface area contributed by atoms with Gasteiger partial charge in [0, 0.05) is 19.0 Å². The molecule has 1 aromatic rings. The van der Waals surface area contributed by atoms with Crippen molar-refractivity contribution in [2.75, 3.05) is 20.3 Å². The lowest BCUT2D eigenvalue weighted by Gasteiger charge is -2.24. The maximum atomic E-state index is 6.09. The highest BCUT2D eigenvalue weighted by molar-refractivity contribution is 5.25. The van der Waals surface area contributed by atoms with Crippen LogP contribution in [0.25, 0.3) is 0 Å². The summed E-state index contributed by atoms with van der Waals surface area (Å²) in [7, 11) is 1.55. The Morgan fingerprint density at radius 1 is 1.40 bits per heavy atom. The largest absolute Gasteiger partial charge is 0.480 e. The molecular weight excluding hydrogens is 194 g/mol. The molecule has 0 aliphatic heterocycles. The second-order valence-electron chi connectivity index (χ2n) is 3.47. The minimum atomic E-state index is -0.685. The number of aromatic nitrogens is 2. The first-order chi connectivity index (χ1) is 7.11. The standard InChI is InChI=1S/C10H17N3O2/c1-4-15-7-10(2,11)8-9(14-3)13-6-5-12-8/h5-6H,4,7,11H2,1-3H3. The minimum Gasteiger partial charge on any atom is -0.480 e. The van der Waals surface area contributed by atoms with Gasteiger partial charge in [-0.3, -0.25) is 4.98 Å². The first-order valence-electron chi connectivity index (χ1n) is 4.84. The van der Waals surface area contributed by atoms with E-state index in [0.717, 1.165) is 0 Å². The highest BCUT2D eigenvalue weighted by Gasteiger charge is 2.27. The van der Waals surface area contributed by atoms with Gasteiger partial charge >= 0.3 is 0 Å². The molecular formula is C10H17N3O2. The van der Waals surface area contributed by atoms with Gasteiger partial charge < -0.3 is 15.2 Å². The zero-order valence-corrected chi connectivity index (χ0v) is 9.36. The van der Waals surface area contributed by atoms with E-state index in [2.05, 4.69) is 9.97 Å². The van der Waals surface area contributed by atoms with Gasteiger partial charge in [-0.1, -0.05) is 0 Å². The van der Waals surface area contributed by atoms with Crippen molar-refractivity contribution in [3.05, 3.63) is 18.1 Å². The predicted octanol–water partition coefficient (Wildman–Crippen LogP) is 0.696. The predicted molar refractivity (Wildman–Crippen MR) is 56.6 cm³/mol. The average Bonchev–Trinajstić information content (AvgIpc) is 2.26. The van der Waals surface area contributed by atoms with Crippen molar-refractivity contribution in [2.24, 2.45) is 5.73 Å². The van der Waals surface area contributed by atoms with E-state index in [1.54, 1.807) is 19.5 Å². The Hall–Kier alpha value is -1.20. The summed E-state index contributed by atoms with van der Waals surface area (Å²) in [5.41, 5.74) is 6.02. The normalized spacial score (nSPS) is 14.7. The summed E-state index contributed by atoms with van der Waals surface area (Å²) in [6.07, 6.45) is 3.16. The molecule has 5 nitrogen and oxygen atoms in total. The monoisotopic (exact) mass is 211 g/mol. The maximum absolute atomic E-state index is 6.09. The lowest BCUT2D eigenvalue weighted by molar-refractivity contribution is 0.0975. The van der Waals surface area contributed by atoms with Gasteiger partial charge in [-0.15, -0.1) is 0 Å². The number of nitrogens with two attached hydrogens (primary N) is 1. The van der Waals surface area contributed by atoms with Gasteiger partial charge in [-0.2, -0.15) is 0 Å². The molecule has 1 aromatic heterocycles. The minimum absolute atomic E-state index is 0.387. The molecule has 1 atom stereocenters. The average molecular weight is 211 g/mol. The van der Waals surface area contributed by atoms with Crippen molar-refractivity contribution < 1.29 is 9.47 Å². The molecule has 0 fully saturated rings. The number of ether oxygens (including phenoxy) is 2. The summed E-state index contributed by atoms with van der Waals surface area (Å²) in [4.78, 5) is 8.23. The summed E-state index contributed by atoms with van der Waals surface area (Å²) in [6.45, 7) is 4.77. The van der Waals surface area contributed by atoms with Gasteiger partial charge in [0.1, 0.15) is 5.69 Å². The molecule has 0 aliphatic rings. The maximum Gasteiger partial charge on any atom is 0.237 e. The van der Waals surface area contributed by atoms with E-state index in [1.807, 2.05) is 13.8 Å². The van der Waals surface area contributed by atoms with Crippen molar-refractivity contribution in [1.29, 1.82) is 0 Å². The van der Waals surface area contributed by atoms with Crippen molar-refractivity contribution >= 4 is 0 Å². The first-order valence-corrected chi connectivity index (χ1v) is 4.84. The van der Waals surface area contributed by atoms with Crippen molar-refractivity contribution in [1.82, 2.24) is 9.97 Å². The van der Waals surface area contributed by atoms with E-state index >= 15 is 0 Å². The summed E-state index contributed by atoms with van der Waals surface area (Å²) in [6, 6.07) is 0. The fraction of sp³-hybridized carbons (Fsp3) is 0.600. The van der Waals surface area contributed by atoms with Crippen LogP contribution in [0.4, 0.5) is 0 Å². The van der Waals surface area contributed by atoms with E-state index in [4.69, 9.17) is 15.2 Å². The molecule has 5 heteroatoms. The Labute approximate surface area is 89.6 Å². The zero-order chi connectivity index (χ0) is 11.3. The van der Waals surface area contributed by atoms with Gasteiger partial charge in [0.25, 0.3) is 0 Å². The highest BCUT2D eigenvalue weighted by atomic mass is 16.5.